The van der Waals surface area contributed by atoms with Gasteiger partial charge in [0.05, 0.1) is 17.6 Å². The highest BCUT2D eigenvalue weighted by atomic mass is 32.2. The molecule has 0 saturated carbocycles. The van der Waals surface area contributed by atoms with Crippen molar-refractivity contribution in [1.82, 2.24) is 14.3 Å². The van der Waals surface area contributed by atoms with Gasteiger partial charge in [0.2, 0.25) is 0 Å². The molecule has 0 amide bonds. The smallest absolute Gasteiger partial charge is 0.148 e. The molecule has 110 valence electrons. The van der Waals surface area contributed by atoms with Crippen LogP contribution in [0, 0.1) is 0 Å². The van der Waals surface area contributed by atoms with Crippen LogP contribution in [0.2, 0.25) is 0 Å². The monoisotopic (exact) mass is 295 g/mol. The molecule has 5 nitrogen and oxygen atoms in total. The second kappa shape index (κ2) is 5.93. The van der Waals surface area contributed by atoms with E-state index in [1.807, 2.05) is 35.0 Å². The Morgan fingerprint density at radius 1 is 1.35 bits per heavy atom. The number of nitrogens with zero attached hydrogens (tertiary/aromatic N) is 3. The maximum atomic E-state index is 11.3. The van der Waals surface area contributed by atoms with Crippen LogP contribution in [0.25, 0.3) is 5.65 Å². The first-order valence-corrected chi connectivity index (χ1v) is 8.75. The lowest BCUT2D eigenvalue weighted by molar-refractivity contribution is 0.222. The van der Waals surface area contributed by atoms with E-state index < -0.39 is 9.84 Å². The van der Waals surface area contributed by atoms with Gasteiger partial charge in [-0.1, -0.05) is 6.07 Å². The lowest BCUT2D eigenvalue weighted by Crippen LogP contribution is -2.34. The molecule has 0 fully saturated rings. The summed E-state index contributed by atoms with van der Waals surface area (Å²) in [5.41, 5.74) is 1.98. The molecular weight excluding hydrogens is 274 g/mol. The number of imidazole rings is 1. The van der Waals surface area contributed by atoms with Crippen LogP contribution in [0.15, 0.2) is 30.6 Å². The van der Waals surface area contributed by atoms with Gasteiger partial charge in [-0.25, -0.2) is 13.4 Å². The Kier molecular flexibility index (Phi) is 4.45. The highest BCUT2D eigenvalue weighted by Gasteiger charge is 2.15. The van der Waals surface area contributed by atoms with E-state index in [9.17, 15) is 8.42 Å². The molecule has 2 aromatic heterocycles. The zero-order valence-electron chi connectivity index (χ0n) is 12.2. The quantitative estimate of drug-likeness (QED) is 0.812. The molecule has 20 heavy (non-hydrogen) atoms. The van der Waals surface area contributed by atoms with E-state index in [4.69, 9.17) is 0 Å². The van der Waals surface area contributed by atoms with Crippen LogP contribution in [0.1, 0.15) is 19.5 Å². The van der Waals surface area contributed by atoms with Gasteiger partial charge in [0, 0.05) is 31.6 Å². The standard InChI is InChI=1S/C14H21N3O2S/c1-12(2)16(8-9-20(3,18)19)11-13-10-15-14-6-4-5-7-17(13)14/h4-7,10,12H,8-9,11H2,1-3H3. The Hall–Kier alpha value is -1.40. The first-order chi connectivity index (χ1) is 9.37. The predicted molar refractivity (Wildman–Crippen MR) is 80.4 cm³/mol. The third-order valence-corrected chi connectivity index (χ3v) is 4.26. The maximum Gasteiger partial charge on any atom is 0.148 e. The normalized spacial score (nSPS) is 12.7. The Balaban J connectivity index is 2.16. The first kappa shape index (κ1) is 15.0. The number of hydrogen-bond acceptors (Lipinski definition) is 4. The molecule has 2 rings (SSSR count). The molecule has 0 N–H and O–H groups in total. The van der Waals surface area contributed by atoms with Crippen LogP contribution < -0.4 is 0 Å². The lowest BCUT2D eigenvalue weighted by atomic mass is 10.3. The zero-order valence-corrected chi connectivity index (χ0v) is 13.0. The van der Waals surface area contributed by atoms with Gasteiger partial charge in [0.25, 0.3) is 0 Å². The van der Waals surface area contributed by atoms with Crippen LogP contribution in [-0.2, 0) is 16.4 Å². The molecule has 0 radical (unpaired) electrons. The summed E-state index contributed by atoms with van der Waals surface area (Å²) in [5, 5.41) is 0. The average molecular weight is 295 g/mol. The summed E-state index contributed by atoms with van der Waals surface area (Å²) in [6, 6.07) is 6.16. The van der Waals surface area contributed by atoms with Crippen molar-refractivity contribution < 1.29 is 8.42 Å². The van der Waals surface area contributed by atoms with E-state index in [1.54, 1.807) is 0 Å². The van der Waals surface area contributed by atoms with Crippen molar-refractivity contribution in [2.45, 2.75) is 26.4 Å². The Labute approximate surface area is 120 Å². The van der Waals surface area contributed by atoms with Gasteiger partial charge in [-0.15, -0.1) is 0 Å². The van der Waals surface area contributed by atoms with E-state index in [2.05, 4.69) is 23.7 Å². The predicted octanol–water partition coefficient (Wildman–Crippen LogP) is 1.59. The van der Waals surface area contributed by atoms with Crippen molar-refractivity contribution in [3.05, 3.63) is 36.3 Å². The number of sulfone groups is 1. The fraction of sp³-hybridized carbons (Fsp3) is 0.500. The van der Waals surface area contributed by atoms with Gasteiger partial charge >= 0.3 is 0 Å². The van der Waals surface area contributed by atoms with Crippen LogP contribution in [0.4, 0.5) is 0 Å². The SMILES string of the molecule is CC(C)N(CCS(C)(=O)=O)Cc1cnc2ccccn12. The Bertz CT molecular complexity index is 677. The minimum Gasteiger partial charge on any atom is -0.303 e. The van der Waals surface area contributed by atoms with E-state index in [-0.39, 0.29) is 11.8 Å². The highest BCUT2D eigenvalue weighted by molar-refractivity contribution is 7.90. The summed E-state index contributed by atoms with van der Waals surface area (Å²) < 4.78 is 24.7. The van der Waals surface area contributed by atoms with E-state index in [0.29, 0.717) is 13.1 Å². The molecule has 2 aromatic rings. The minimum atomic E-state index is -2.94. The average Bonchev–Trinajstić information content (AvgIpc) is 2.76. The molecule has 0 bridgehead atoms. The second-order valence-electron chi connectivity index (χ2n) is 5.37. The summed E-state index contributed by atoms with van der Waals surface area (Å²) >= 11 is 0. The number of hydrogen-bond donors (Lipinski definition) is 0. The summed E-state index contributed by atoms with van der Waals surface area (Å²) in [6.45, 7) is 5.38. The maximum absolute atomic E-state index is 11.3. The van der Waals surface area contributed by atoms with Crippen molar-refractivity contribution in [3.63, 3.8) is 0 Å². The third kappa shape index (κ3) is 3.80. The summed E-state index contributed by atoms with van der Waals surface area (Å²) in [6.07, 6.45) is 5.11. The lowest BCUT2D eigenvalue weighted by Gasteiger charge is -2.25. The molecule has 0 aliphatic heterocycles. The number of rotatable bonds is 6. The molecule has 0 saturated heterocycles. The molecule has 0 atom stereocenters. The van der Waals surface area contributed by atoms with Gasteiger partial charge in [-0.2, -0.15) is 0 Å². The fourth-order valence-electron chi connectivity index (χ4n) is 2.11. The number of aromatic nitrogens is 2. The van der Waals surface area contributed by atoms with E-state index in [1.165, 1.54) is 6.26 Å². The van der Waals surface area contributed by atoms with Crippen molar-refractivity contribution >= 4 is 15.5 Å². The van der Waals surface area contributed by atoms with Crippen LogP contribution in [0.3, 0.4) is 0 Å². The van der Waals surface area contributed by atoms with Crippen molar-refractivity contribution in [3.8, 4) is 0 Å². The summed E-state index contributed by atoms with van der Waals surface area (Å²) in [5.74, 6) is 0.182. The molecule has 0 unspecified atom stereocenters. The zero-order chi connectivity index (χ0) is 14.8. The summed E-state index contributed by atoms with van der Waals surface area (Å²) in [4.78, 5) is 6.51. The molecule has 0 spiro atoms. The van der Waals surface area contributed by atoms with Crippen molar-refractivity contribution in [2.75, 3.05) is 18.6 Å². The molecule has 6 heteroatoms. The van der Waals surface area contributed by atoms with E-state index >= 15 is 0 Å². The topological polar surface area (TPSA) is 54.7 Å². The molecule has 2 heterocycles. The van der Waals surface area contributed by atoms with Gasteiger partial charge in [0.1, 0.15) is 15.5 Å². The largest absolute Gasteiger partial charge is 0.303 e. The second-order valence-corrected chi connectivity index (χ2v) is 7.63. The van der Waals surface area contributed by atoms with Gasteiger partial charge in [-0.05, 0) is 26.0 Å². The van der Waals surface area contributed by atoms with Crippen molar-refractivity contribution in [2.24, 2.45) is 0 Å². The molecule has 0 aliphatic rings. The number of pyridine rings is 1. The molecular formula is C14H21N3O2S. The van der Waals surface area contributed by atoms with Gasteiger partial charge in [0.15, 0.2) is 0 Å². The van der Waals surface area contributed by atoms with Gasteiger partial charge < -0.3 is 4.40 Å². The van der Waals surface area contributed by atoms with Crippen LogP contribution >= 0.6 is 0 Å². The molecule has 0 aromatic carbocycles. The fourth-order valence-corrected chi connectivity index (χ4v) is 2.68. The Morgan fingerprint density at radius 3 is 2.75 bits per heavy atom. The van der Waals surface area contributed by atoms with Crippen LogP contribution in [-0.4, -0.2) is 47.3 Å². The molecule has 0 aliphatic carbocycles. The van der Waals surface area contributed by atoms with E-state index in [0.717, 1.165) is 11.3 Å². The van der Waals surface area contributed by atoms with Gasteiger partial charge in [-0.3, -0.25) is 4.90 Å². The number of fused-ring (bicyclic) bond motifs is 1. The first-order valence-electron chi connectivity index (χ1n) is 6.69. The van der Waals surface area contributed by atoms with Crippen molar-refractivity contribution in [1.29, 1.82) is 0 Å². The van der Waals surface area contributed by atoms with Crippen LogP contribution in [0.5, 0.6) is 0 Å². The Morgan fingerprint density at radius 2 is 2.10 bits per heavy atom. The highest BCUT2D eigenvalue weighted by Crippen LogP contribution is 2.11. The third-order valence-electron chi connectivity index (χ3n) is 3.34. The summed E-state index contributed by atoms with van der Waals surface area (Å²) in [7, 11) is -2.94. The minimum absolute atomic E-state index is 0.182.